The van der Waals surface area contributed by atoms with E-state index in [0.717, 1.165) is 17.7 Å². The van der Waals surface area contributed by atoms with Crippen molar-refractivity contribution in [3.05, 3.63) is 58.6 Å². The summed E-state index contributed by atoms with van der Waals surface area (Å²) in [5.41, 5.74) is 3.61. The molecule has 0 aliphatic heterocycles. The number of anilines is 2. The highest BCUT2D eigenvalue weighted by Crippen LogP contribution is 2.22. The van der Waals surface area contributed by atoms with Gasteiger partial charge < -0.3 is 10.6 Å². The molecule has 0 saturated carbocycles. The predicted molar refractivity (Wildman–Crippen MR) is 111 cm³/mol. The summed E-state index contributed by atoms with van der Waals surface area (Å²) in [6.45, 7) is 5.77. The first-order chi connectivity index (χ1) is 12.4. The Balaban J connectivity index is 1.82. The molecule has 0 aliphatic carbocycles. The van der Waals surface area contributed by atoms with Crippen LogP contribution in [0, 0.1) is 6.92 Å². The minimum Gasteiger partial charge on any atom is -0.325 e. The number of nitrogens with one attached hydrogen (secondary N) is 2. The zero-order valence-corrected chi connectivity index (χ0v) is 16.7. The van der Waals surface area contributed by atoms with Crippen LogP contribution in [0.1, 0.15) is 25.0 Å². The molecule has 2 aromatic carbocycles. The summed E-state index contributed by atoms with van der Waals surface area (Å²) in [5, 5.41) is 5.92. The van der Waals surface area contributed by atoms with E-state index >= 15 is 0 Å². The van der Waals surface area contributed by atoms with Gasteiger partial charge in [-0.05, 0) is 55.7 Å². The molecule has 0 fully saturated rings. The van der Waals surface area contributed by atoms with E-state index in [4.69, 9.17) is 11.6 Å². The molecule has 0 bridgehead atoms. The second-order valence-electron chi connectivity index (χ2n) is 6.00. The lowest BCUT2D eigenvalue weighted by molar-refractivity contribution is -0.115. The van der Waals surface area contributed by atoms with Gasteiger partial charge in [-0.1, -0.05) is 36.7 Å². The monoisotopic (exact) mass is 390 g/mol. The van der Waals surface area contributed by atoms with Crippen LogP contribution in [0.3, 0.4) is 0 Å². The van der Waals surface area contributed by atoms with Crippen molar-refractivity contribution in [1.29, 1.82) is 0 Å². The van der Waals surface area contributed by atoms with Crippen molar-refractivity contribution in [3.8, 4) is 0 Å². The number of carbonyl (C=O) groups excluding carboxylic acids is 2. The van der Waals surface area contributed by atoms with E-state index in [1.807, 2.05) is 37.3 Å². The molecule has 1 atom stereocenters. The van der Waals surface area contributed by atoms with Crippen molar-refractivity contribution in [2.24, 2.45) is 0 Å². The van der Waals surface area contributed by atoms with E-state index in [0.29, 0.717) is 10.7 Å². The topological polar surface area (TPSA) is 58.2 Å². The van der Waals surface area contributed by atoms with Gasteiger partial charge in [0.1, 0.15) is 0 Å². The Labute approximate surface area is 163 Å². The van der Waals surface area contributed by atoms with Crippen LogP contribution >= 0.6 is 23.4 Å². The van der Waals surface area contributed by atoms with Crippen LogP contribution in [-0.4, -0.2) is 22.8 Å². The summed E-state index contributed by atoms with van der Waals surface area (Å²) in [5.74, 6) is -0.0724. The summed E-state index contributed by atoms with van der Waals surface area (Å²) < 4.78 is 0. The van der Waals surface area contributed by atoms with Crippen molar-refractivity contribution in [1.82, 2.24) is 0 Å². The van der Waals surface area contributed by atoms with Gasteiger partial charge >= 0.3 is 0 Å². The van der Waals surface area contributed by atoms with Gasteiger partial charge in [-0.2, -0.15) is 0 Å². The number of hydrogen-bond donors (Lipinski definition) is 2. The highest BCUT2D eigenvalue weighted by Gasteiger charge is 2.16. The fourth-order valence-electron chi connectivity index (χ4n) is 2.26. The average Bonchev–Trinajstić information content (AvgIpc) is 2.63. The lowest BCUT2D eigenvalue weighted by Crippen LogP contribution is -2.25. The lowest BCUT2D eigenvalue weighted by Gasteiger charge is -2.14. The minimum atomic E-state index is -0.360. The summed E-state index contributed by atoms with van der Waals surface area (Å²) in [6.07, 6.45) is 0.961. The molecule has 26 heavy (non-hydrogen) atoms. The lowest BCUT2D eigenvalue weighted by atomic mass is 10.1. The van der Waals surface area contributed by atoms with Crippen molar-refractivity contribution >= 4 is 46.6 Å². The summed E-state index contributed by atoms with van der Waals surface area (Å²) in [6, 6.07) is 13.1. The number of benzene rings is 2. The third kappa shape index (κ3) is 6.07. The number of carbonyl (C=O) groups is 2. The van der Waals surface area contributed by atoms with E-state index in [-0.39, 0.29) is 22.8 Å². The molecule has 0 aliphatic rings. The first-order valence-corrected chi connectivity index (χ1v) is 9.89. The van der Waals surface area contributed by atoms with E-state index in [1.165, 1.54) is 17.3 Å². The van der Waals surface area contributed by atoms with Crippen molar-refractivity contribution in [3.63, 3.8) is 0 Å². The van der Waals surface area contributed by atoms with Gasteiger partial charge in [-0.25, -0.2) is 0 Å². The second-order valence-corrected chi connectivity index (χ2v) is 7.77. The molecular formula is C20H23ClN2O2S. The SMILES string of the molecule is CCc1ccc(NC(=O)CSC(C)C(=O)Nc2cc(Cl)ccc2C)cc1. The normalized spacial score (nSPS) is 11.7. The quantitative estimate of drug-likeness (QED) is 0.706. The van der Waals surface area contributed by atoms with Gasteiger partial charge in [0.2, 0.25) is 11.8 Å². The predicted octanol–water partition coefficient (Wildman–Crippen LogP) is 4.91. The van der Waals surface area contributed by atoms with Crippen molar-refractivity contribution < 1.29 is 9.59 Å². The molecule has 4 nitrogen and oxygen atoms in total. The van der Waals surface area contributed by atoms with Gasteiger partial charge in [0.15, 0.2) is 0 Å². The fraction of sp³-hybridized carbons (Fsp3) is 0.300. The minimum absolute atomic E-state index is 0.127. The van der Waals surface area contributed by atoms with Crippen LogP contribution in [0.25, 0.3) is 0 Å². The number of thioether (sulfide) groups is 1. The molecule has 1 unspecified atom stereocenters. The Morgan fingerprint density at radius 3 is 2.46 bits per heavy atom. The smallest absolute Gasteiger partial charge is 0.237 e. The highest BCUT2D eigenvalue weighted by molar-refractivity contribution is 8.01. The largest absolute Gasteiger partial charge is 0.325 e. The molecule has 2 rings (SSSR count). The highest BCUT2D eigenvalue weighted by atomic mass is 35.5. The molecule has 2 N–H and O–H groups in total. The Morgan fingerprint density at radius 1 is 1.12 bits per heavy atom. The molecule has 138 valence electrons. The van der Waals surface area contributed by atoms with E-state index < -0.39 is 0 Å². The molecule has 0 aromatic heterocycles. The molecule has 0 saturated heterocycles. The van der Waals surface area contributed by atoms with Crippen LogP contribution in [0.5, 0.6) is 0 Å². The summed E-state index contributed by atoms with van der Waals surface area (Å²) in [7, 11) is 0. The standard InChI is InChI=1S/C20H23ClN2O2S/c1-4-15-6-9-17(10-7-15)22-19(24)12-26-14(3)20(25)23-18-11-16(21)8-5-13(18)2/h5-11,14H,4,12H2,1-3H3,(H,22,24)(H,23,25). The Kier molecular flexibility index (Phi) is 7.54. The number of hydrogen-bond acceptors (Lipinski definition) is 3. The van der Waals surface area contributed by atoms with Crippen LogP contribution in [0.2, 0.25) is 5.02 Å². The maximum absolute atomic E-state index is 12.3. The summed E-state index contributed by atoms with van der Waals surface area (Å²) >= 11 is 7.26. The van der Waals surface area contributed by atoms with Crippen LogP contribution < -0.4 is 10.6 Å². The molecule has 0 spiro atoms. The number of rotatable bonds is 7. The van der Waals surface area contributed by atoms with Gasteiger partial charge in [0.05, 0.1) is 11.0 Å². The first kappa shape index (κ1) is 20.3. The van der Waals surface area contributed by atoms with Crippen LogP contribution in [0.15, 0.2) is 42.5 Å². The zero-order valence-electron chi connectivity index (χ0n) is 15.1. The van der Waals surface area contributed by atoms with Crippen molar-refractivity contribution in [2.75, 3.05) is 16.4 Å². The second kappa shape index (κ2) is 9.64. The molecule has 0 heterocycles. The Morgan fingerprint density at radius 2 is 1.81 bits per heavy atom. The van der Waals surface area contributed by atoms with Crippen LogP contribution in [0.4, 0.5) is 11.4 Å². The van der Waals surface area contributed by atoms with Gasteiger partial charge in [0, 0.05) is 16.4 Å². The maximum Gasteiger partial charge on any atom is 0.237 e. The van der Waals surface area contributed by atoms with Gasteiger partial charge in [0.25, 0.3) is 0 Å². The molecule has 2 aromatic rings. The van der Waals surface area contributed by atoms with E-state index in [9.17, 15) is 9.59 Å². The van der Waals surface area contributed by atoms with Gasteiger partial charge in [-0.3, -0.25) is 9.59 Å². The number of amides is 2. The van der Waals surface area contributed by atoms with E-state index in [2.05, 4.69) is 17.6 Å². The first-order valence-electron chi connectivity index (χ1n) is 8.46. The molecule has 0 radical (unpaired) electrons. The average molecular weight is 391 g/mol. The Bertz CT molecular complexity index is 778. The van der Waals surface area contributed by atoms with E-state index in [1.54, 1.807) is 19.1 Å². The molecule has 2 amide bonds. The number of aryl methyl sites for hydroxylation is 2. The zero-order chi connectivity index (χ0) is 19.1. The molecular weight excluding hydrogens is 368 g/mol. The number of halogens is 1. The fourth-order valence-corrected chi connectivity index (χ4v) is 3.12. The van der Waals surface area contributed by atoms with Crippen LogP contribution in [-0.2, 0) is 16.0 Å². The summed E-state index contributed by atoms with van der Waals surface area (Å²) in [4.78, 5) is 24.4. The van der Waals surface area contributed by atoms with Crippen molar-refractivity contribution in [2.45, 2.75) is 32.4 Å². The third-order valence-electron chi connectivity index (χ3n) is 3.94. The third-order valence-corrected chi connectivity index (χ3v) is 5.32. The Hall–Kier alpha value is -1.98. The van der Waals surface area contributed by atoms with Gasteiger partial charge in [-0.15, -0.1) is 11.8 Å². The maximum atomic E-state index is 12.3. The molecule has 6 heteroatoms.